The molecule has 0 atom stereocenters. The summed E-state index contributed by atoms with van der Waals surface area (Å²) in [4.78, 5) is 14.0. The van der Waals surface area contributed by atoms with Gasteiger partial charge in [0.25, 0.3) is 5.91 Å². The van der Waals surface area contributed by atoms with Gasteiger partial charge in [-0.3, -0.25) is 4.79 Å². The van der Waals surface area contributed by atoms with E-state index in [0.29, 0.717) is 12.1 Å². The van der Waals surface area contributed by atoms with Gasteiger partial charge in [0.1, 0.15) is 0 Å². The molecule has 0 spiro atoms. The second-order valence-electron chi connectivity index (χ2n) is 4.58. The first-order chi connectivity index (χ1) is 7.91. The van der Waals surface area contributed by atoms with E-state index in [9.17, 15) is 4.79 Å². The quantitative estimate of drug-likeness (QED) is 0.770. The summed E-state index contributed by atoms with van der Waals surface area (Å²) in [5, 5.41) is 2.90. The number of nitrogen functional groups attached to an aromatic ring is 1. The van der Waals surface area contributed by atoms with Crippen molar-refractivity contribution in [3.8, 4) is 0 Å². The molecule has 0 radical (unpaired) electrons. The summed E-state index contributed by atoms with van der Waals surface area (Å²) in [5.74, 6) is -0.0348. The molecule has 17 heavy (non-hydrogen) atoms. The van der Waals surface area contributed by atoms with Gasteiger partial charge in [0.15, 0.2) is 0 Å². The number of carbonyl (C=O) groups is 1. The van der Waals surface area contributed by atoms with Crippen molar-refractivity contribution in [2.45, 2.75) is 13.8 Å². The van der Waals surface area contributed by atoms with Gasteiger partial charge >= 0.3 is 0 Å². The molecule has 94 valence electrons. The lowest BCUT2D eigenvalue weighted by atomic mass is 10.0. The summed E-state index contributed by atoms with van der Waals surface area (Å²) in [6.45, 7) is 5.29. The Balaban J connectivity index is 2.72. The molecule has 0 saturated carbocycles. The topological polar surface area (TPSA) is 58.4 Å². The van der Waals surface area contributed by atoms with Crippen molar-refractivity contribution in [1.82, 2.24) is 10.2 Å². The zero-order valence-corrected chi connectivity index (χ0v) is 11.0. The monoisotopic (exact) mass is 235 g/mol. The van der Waals surface area contributed by atoms with Crippen molar-refractivity contribution < 1.29 is 4.79 Å². The molecule has 0 saturated heterocycles. The molecule has 0 heterocycles. The van der Waals surface area contributed by atoms with Crippen LogP contribution in [0.1, 0.15) is 21.5 Å². The molecular formula is C13H21N3O. The zero-order valence-electron chi connectivity index (χ0n) is 11.0. The van der Waals surface area contributed by atoms with E-state index in [4.69, 9.17) is 5.73 Å². The lowest BCUT2D eigenvalue weighted by Gasteiger charge is -2.12. The Morgan fingerprint density at radius 1 is 1.29 bits per heavy atom. The molecule has 0 aromatic heterocycles. The second-order valence-corrected chi connectivity index (χ2v) is 4.58. The molecule has 1 aromatic carbocycles. The van der Waals surface area contributed by atoms with Crippen LogP contribution in [-0.2, 0) is 0 Å². The van der Waals surface area contributed by atoms with Crippen LogP contribution in [0.3, 0.4) is 0 Å². The van der Waals surface area contributed by atoms with Gasteiger partial charge in [-0.15, -0.1) is 0 Å². The van der Waals surface area contributed by atoms with Crippen LogP contribution in [0.5, 0.6) is 0 Å². The number of carbonyl (C=O) groups excluding carboxylic acids is 1. The minimum absolute atomic E-state index is 0.0348. The van der Waals surface area contributed by atoms with Crippen molar-refractivity contribution >= 4 is 11.6 Å². The number of rotatable bonds is 4. The number of nitrogens with zero attached hydrogens (tertiary/aromatic N) is 1. The Morgan fingerprint density at radius 3 is 2.53 bits per heavy atom. The summed E-state index contributed by atoms with van der Waals surface area (Å²) >= 11 is 0. The molecule has 4 nitrogen and oxygen atoms in total. The first kappa shape index (κ1) is 13.5. The van der Waals surface area contributed by atoms with Crippen LogP contribution in [-0.4, -0.2) is 38.0 Å². The molecule has 0 unspecified atom stereocenters. The Kier molecular flexibility index (Phi) is 4.52. The van der Waals surface area contributed by atoms with E-state index >= 15 is 0 Å². The molecule has 0 bridgehead atoms. The maximum Gasteiger partial charge on any atom is 0.251 e. The van der Waals surface area contributed by atoms with Gasteiger partial charge in [0.2, 0.25) is 0 Å². The van der Waals surface area contributed by atoms with Crippen LogP contribution < -0.4 is 11.1 Å². The number of nitrogens with two attached hydrogens (primary N) is 1. The Morgan fingerprint density at radius 2 is 1.94 bits per heavy atom. The fourth-order valence-corrected chi connectivity index (χ4v) is 1.57. The summed E-state index contributed by atoms with van der Waals surface area (Å²) in [6.07, 6.45) is 0. The SMILES string of the molecule is Cc1cc(C(=O)NCCN(C)C)c(C)cc1N. The Labute approximate surface area is 103 Å². The first-order valence-corrected chi connectivity index (χ1v) is 5.71. The van der Waals surface area contributed by atoms with Crippen molar-refractivity contribution in [1.29, 1.82) is 0 Å². The molecule has 4 heteroatoms. The number of hydrogen-bond acceptors (Lipinski definition) is 3. The van der Waals surface area contributed by atoms with Gasteiger partial charge in [-0.2, -0.15) is 0 Å². The number of benzene rings is 1. The second kappa shape index (κ2) is 5.68. The standard InChI is InChI=1S/C13H21N3O/c1-9-8-12(14)10(2)7-11(9)13(17)15-5-6-16(3)4/h7-8H,5-6,14H2,1-4H3,(H,15,17). The molecule has 1 rings (SSSR count). The average molecular weight is 235 g/mol. The van der Waals surface area contributed by atoms with Crippen LogP contribution >= 0.6 is 0 Å². The van der Waals surface area contributed by atoms with Crippen LogP contribution in [0.15, 0.2) is 12.1 Å². The fourth-order valence-electron chi connectivity index (χ4n) is 1.57. The number of nitrogens with one attached hydrogen (secondary N) is 1. The van der Waals surface area contributed by atoms with E-state index in [-0.39, 0.29) is 5.91 Å². The minimum Gasteiger partial charge on any atom is -0.399 e. The van der Waals surface area contributed by atoms with Crippen molar-refractivity contribution in [3.63, 3.8) is 0 Å². The van der Waals surface area contributed by atoms with E-state index in [1.807, 2.05) is 45.0 Å². The minimum atomic E-state index is -0.0348. The predicted molar refractivity (Wildman–Crippen MR) is 71.2 cm³/mol. The van der Waals surface area contributed by atoms with Crippen LogP contribution in [0.4, 0.5) is 5.69 Å². The van der Waals surface area contributed by atoms with Crippen molar-refractivity contribution in [2.75, 3.05) is 32.9 Å². The summed E-state index contributed by atoms with van der Waals surface area (Å²) in [6, 6.07) is 3.69. The summed E-state index contributed by atoms with van der Waals surface area (Å²) in [5.41, 5.74) is 9.08. The van der Waals surface area contributed by atoms with Gasteiger partial charge in [-0.05, 0) is 51.2 Å². The van der Waals surface area contributed by atoms with E-state index in [1.54, 1.807) is 0 Å². The Bertz CT molecular complexity index is 413. The van der Waals surface area contributed by atoms with Gasteiger partial charge in [-0.1, -0.05) is 0 Å². The zero-order chi connectivity index (χ0) is 13.0. The molecular weight excluding hydrogens is 214 g/mol. The number of hydrogen-bond donors (Lipinski definition) is 2. The summed E-state index contributed by atoms with van der Waals surface area (Å²) in [7, 11) is 3.95. The number of amides is 1. The smallest absolute Gasteiger partial charge is 0.251 e. The number of anilines is 1. The normalized spacial score (nSPS) is 10.6. The first-order valence-electron chi connectivity index (χ1n) is 5.71. The molecule has 0 aliphatic rings. The molecule has 1 aromatic rings. The maximum atomic E-state index is 11.9. The fraction of sp³-hybridized carbons (Fsp3) is 0.462. The highest BCUT2D eigenvalue weighted by molar-refractivity contribution is 5.96. The van der Waals surface area contributed by atoms with Gasteiger partial charge in [0, 0.05) is 24.3 Å². The third-order valence-electron chi connectivity index (χ3n) is 2.70. The average Bonchev–Trinajstić information content (AvgIpc) is 2.22. The lowest BCUT2D eigenvalue weighted by molar-refractivity contribution is 0.0950. The number of aryl methyl sites for hydroxylation is 2. The number of likely N-dealkylation sites (N-methyl/N-ethyl adjacent to an activating group) is 1. The molecule has 1 amide bonds. The van der Waals surface area contributed by atoms with E-state index in [2.05, 4.69) is 5.32 Å². The third-order valence-corrected chi connectivity index (χ3v) is 2.70. The third kappa shape index (κ3) is 3.75. The van der Waals surface area contributed by atoms with Crippen molar-refractivity contribution in [3.05, 3.63) is 28.8 Å². The highest BCUT2D eigenvalue weighted by atomic mass is 16.1. The van der Waals surface area contributed by atoms with E-state index in [0.717, 1.165) is 23.4 Å². The van der Waals surface area contributed by atoms with Crippen LogP contribution in [0, 0.1) is 13.8 Å². The molecule has 3 N–H and O–H groups in total. The highest BCUT2D eigenvalue weighted by Gasteiger charge is 2.10. The highest BCUT2D eigenvalue weighted by Crippen LogP contribution is 2.17. The van der Waals surface area contributed by atoms with Crippen molar-refractivity contribution in [2.24, 2.45) is 0 Å². The molecule has 0 aliphatic heterocycles. The van der Waals surface area contributed by atoms with Gasteiger partial charge < -0.3 is 16.0 Å². The van der Waals surface area contributed by atoms with E-state index < -0.39 is 0 Å². The van der Waals surface area contributed by atoms with Crippen LogP contribution in [0.25, 0.3) is 0 Å². The lowest BCUT2D eigenvalue weighted by Crippen LogP contribution is -2.31. The molecule has 0 fully saturated rings. The molecule has 0 aliphatic carbocycles. The Hall–Kier alpha value is -1.55. The van der Waals surface area contributed by atoms with E-state index in [1.165, 1.54) is 0 Å². The van der Waals surface area contributed by atoms with Gasteiger partial charge in [-0.25, -0.2) is 0 Å². The van der Waals surface area contributed by atoms with Crippen LogP contribution in [0.2, 0.25) is 0 Å². The summed E-state index contributed by atoms with van der Waals surface area (Å²) < 4.78 is 0. The predicted octanol–water partition coefficient (Wildman–Crippen LogP) is 1.18. The maximum absolute atomic E-state index is 11.9. The largest absolute Gasteiger partial charge is 0.399 e. The van der Waals surface area contributed by atoms with Gasteiger partial charge in [0.05, 0.1) is 0 Å².